The Morgan fingerprint density at radius 3 is 1.97 bits per heavy atom. The van der Waals surface area contributed by atoms with Gasteiger partial charge in [-0.05, 0) is 32.4 Å². The number of rotatable bonds is 17. The largest absolute Gasteiger partial charge is 0.464 e. The van der Waals surface area contributed by atoms with E-state index in [1.54, 1.807) is 0 Å². The molecule has 186 valence electrons. The Bertz CT molecular complexity index is 704. The van der Waals surface area contributed by atoms with Gasteiger partial charge in [-0.25, -0.2) is 0 Å². The molecule has 1 saturated heterocycles. The maximum absolute atomic E-state index is 12.5. The van der Waals surface area contributed by atoms with Crippen LogP contribution in [0, 0.1) is 12.3 Å². The number of hydrazine groups is 1. The molecule has 1 aromatic rings. The van der Waals surface area contributed by atoms with Crippen LogP contribution in [0.4, 0.5) is 5.69 Å². The number of hydrogen-bond acceptors (Lipinski definition) is 4. The van der Waals surface area contributed by atoms with E-state index in [2.05, 4.69) is 12.3 Å². The molecule has 2 rings (SSSR count). The van der Waals surface area contributed by atoms with Gasteiger partial charge >= 0.3 is 5.97 Å². The van der Waals surface area contributed by atoms with E-state index in [1.807, 2.05) is 43.1 Å². The van der Waals surface area contributed by atoms with Crippen LogP contribution < -0.4 is 10.4 Å². The molecule has 33 heavy (non-hydrogen) atoms. The van der Waals surface area contributed by atoms with Crippen LogP contribution >= 0.6 is 0 Å². The van der Waals surface area contributed by atoms with Gasteiger partial charge in [0, 0.05) is 6.42 Å². The van der Waals surface area contributed by atoms with Crippen molar-refractivity contribution in [1.82, 2.24) is 5.43 Å². The molecular formula is C28H46N2O3. The Morgan fingerprint density at radius 2 is 1.42 bits per heavy atom. The van der Waals surface area contributed by atoms with Gasteiger partial charge in [0.25, 0.3) is 0 Å². The molecule has 0 saturated carbocycles. The first kappa shape index (κ1) is 27.2. The molecule has 1 fully saturated rings. The third-order valence-electron chi connectivity index (χ3n) is 6.67. The summed E-state index contributed by atoms with van der Waals surface area (Å²) in [5.41, 5.74) is 4.29. The average Bonchev–Trinajstić information content (AvgIpc) is 3.10. The molecule has 1 aliphatic rings. The van der Waals surface area contributed by atoms with Gasteiger partial charge in [-0.1, -0.05) is 102 Å². The van der Waals surface area contributed by atoms with Crippen LogP contribution in [0.15, 0.2) is 24.3 Å². The van der Waals surface area contributed by atoms with Gasteiger partial charge in [-0.3, -0.25) is 20.0 Å². The number of nitrogens with zero attached hydrogens (tertiary/aromatic N) is 1. The lowest BCUT2D eigenvalue weighted by molar-refractivity contribution is -0.148. The van der Waals surface area contributed by atoms with Crippen LogP contribution in [0.3, 0.4) is 0 Å². The van der Waals surface area contributed by atoms with Crippen molar-refractivity contribution in [2.75, 3.05) is 18.2 Å². The molecule has 1 aromatic carbocycles. The summed E-state index contributed by atoms with van der Waals surface area (Å²) in [6, 6.07) is 8.02. The van der Waals surface area contributed by atoms with E-state index in [4.69, 9.17) is 4.74 Å². The highest BCUT2D eigenvalue weighted by atomic mass is 16.5. The van der Waals surface area contributed by atoms with Gasteiger partial charge in [-0.2, -0.15) is 0 Å². The third-order valence-corrected chi connectivity index (χ3v) is 6.67. The summed E-state index contributed by atoms with van der Waals surface area (Å²) in [5, 5.41) is 1.84. The fourth-order valence-electron chi connectivity index (χ4n) is 4.31. The number of carbonyl (C=O) groups is 2. The Hall–Kier alpha value is -2.04. The Balaban J connectivity index is 1.50. The van der Waals surface area contributed by atoms with Gasteiger partial charge < -0.3 is 4.74 Å². The first-order valence-corrected chi connectivity index (χ1v) is 13.3. The zero-order valence-electron chi connectivity index (χ0n) is 21.3. The smallest absolute Gasteiger partial charge is 0.305 e. The summed E-state index contributed by atoms with van der Waals surface area (Å²) in [7, 11) is 0. The number of benzene rings is 1. The molecule has 1 amide bonds. The topological polar surface area (TPSA) is 58.6 Å². The highest BCUT2D eigenvalue weighted by Crippen LogP contribution is 2.28. The monoisotopic (exact) mass is 458 g/mol. The normalized spacial score (nSPS) is 17.9. The number of hydrogen-bond donors (Lipinski definition) is 1. The van der Waals surface area contributed by atoms with Crippen molar-refractivity contribution in [3.8, 4) is 0 Å². The second-order valence-corrected chi connectivity index (χ2v) is 10.1. The molecular weight excluding hydrogens is 412 g/mol. The molecule has 1 N–H and O–H groups in total. The predicted octanol–water partition coefficient (Wildman–Crippen LogP) is 6.88. The highest BCUT2D eigenvalue weighted by Gasteiger charge is 2.43. The van der Waals surface area contributed by atoms with Crippen LogP contribution in [-0.2, 0) is 14.3 Å². The molecule has 0 aromatic heterocycles. The van der Waals surface area contributed by atoms with E-state index >= 15 is 0 Å². The van der Waals surface area contributed by atoms with Crippen molar-refractivity contribution in [1.29, 1.82) is 0 Å². The fraction of sp³-hybridized carbons (Fsp3) is 0.714. The number of nitrogens with one attached hydrogen (secondary N) is 1. The third kappa shape index (κ3) is 10.2. The van der Waals surface area contributed by atoms with Crippen LogP contribution in [0.1, 0.15) is 109 Å². The Kier molecular flexibility index (Phi) is 12.3. The first-order valence-electron chi connectivity index (χ1n) is 13.3. The van der Waals surface area contributed by atoms with Gasteiger partial charge in [-0.15, -0.1) is 0 Å². The minimum atomic E-state index is -0.726. The van der Waals surface area contributed by atoms with Crippen molar-refractivity contribution < 1.29 is 14.3 Å². The van der Waals surface area contributed by atoms with Crippen molar-refractivity contribution in [2.24, 2.45) is 5.41 Å². The predicted molar refractivity (Wildman–Crippen MR) is 136 cm³/mol. The maximum Gasteiger partial charge on any atom is 0.305 e. The minimum Gasteiger partial charge on any atom is -0.464 e. The number of unbranched alkanes of at least 4 members (excludes halogenated alkanes) is 12. The molecule has 0 radical (unpaired) electrons. The fourth-order valence-corrected chi connectivity index (χ4v) is 4.31. The number of aryl methyl sites for hydroxylation is 1. The van der Waals surface area contributed by atoms with Gasteiger partial charge in [0.15, 0.2) is 0 Å². The van der Waals surface area contributed by atoms with Crippen molar-refractivity contribution in [3.05, 3.63) is 29.8 Å². The molecule has 0 bridgehead atoms. The lowest BCUT2D eigenvalue weighted by Crippen LogP contribution is -2.35. The van der Waals surface area contributed by atoms with Gasteiger partial charge in [0.2, 0.25) is 5.91 Å². The molecule has 5 nitrogen and oxygen atoms in total. The molecule has 1 aliphatic heterocycles. The summed E-state index contributed by atoms with van der Waals surface area (Å²) in [5.74, 6) is -0.294. The quantitative estimate of drug-likeness (QED) is 0.204. The van der Waals surface area contributed by atoms with E-state index < -0.39 is 5.41 Å². The molecule has 5 heteroatoms. The second kappa shape index (κ2) is 15.0. The number of amides is 1. The van der Waals surface area contributed by atoms with E-state index in [0.717, 1.165) is 18.5 Å². The summed E-state index contributed by atoms with van der Waals surface area (Å²) in [6.07, 6.45) is 17.1. The zero-order valence-corrected chi connectivity index (χ0v) is 21.3. The average molecular weight is 459 g/mol. The maximum atomic E-state index is 12.5. The van der Waals surface area contributed by atoms with E-state index in [0.29, 0.717) is 13.0 Å². The van der Waals surface area contributed by atoms with Crippen molar-refractivity contribution in [3.63, 3.8) is 0 Å². The van der Waals surface area contributed by atoms with E-state index in [-0.39, 0.29) is 18.5 Å². The Labute approximate surface area is 201 Å². The number of anilines is 1. The van der Waals surface area contributed by atoms with Crippen molar-refractivity contribution in [2.45, 2.75) is 111 Å². The molecule has 0 aliphatic carbocycles. The first-order chi connectivity index (χ1) is 15.9. The molecule has 1 atom stereocenters. The summed E-state index contributed by atoms with van der Waals surface area (Å²) in [4.78, 5) is 24.7. The molecule has 1 unspecified atom stereocenters. The van der Waals surface area contributed by atoms with Gasteiger partial charge in [0.05, 0.1) is 12.2 Å². The lowest BCUT2D eigenvalue weighted by atomic mass is 9.92. The van der Waals surface area contributed by atoms with Crippen LogP contribution in [-0.4, -0.2) is 25.0 Å². The van der Waals surface area contributed by atoms with Crippen LogP contribution in [0.5, 0.6) is 0 Å². The van der Waals surface area contributed by atoms with Crippen LogP contribution in [0.25, 0.3) is 0 Å². The summed E-state index contributed by atoms with van der Waals surface area (Å²) >= 11 is 0. The highest BCUT2D eigenvalue weighted by molar-refractivity contribution is 5.88. The number of carbonyl (C=O) groups excluding carboxylic acids is 2. The lowest BCUT2D eigenvalue weighted by Gasteiger charge is -2.21. The SMILES string of the molecule is CCCCCCCCCCCCCCCC(=O)OCC1(C)CN(c2ccc(C)cc2)NC1=O. The molecule has 0 spiro atoms. The minimum absolute atomic E-state index is 0.100. The van der Waals surface area contributed by atoms with Crippen molar-refractivity contribution >= 4 is 17.6 Å². The zero-order chi connectivity index (χ0) is 23.9. The number of esters is 1. The Morgan fingerprint density at radius 1 is 0.909 bits per heavy atom. The summed E-state index contributed by atoms with van der Waals surface area (Å²) in [6.45, 7) is 6.77. The number of ether oxygens (including phenoxy) is 1. The van der Waals surface area contributed by atoms with E-state index in [1.165, 1.54) is 76.2 Å². The second-order valence-electron chi connectivity index (χ2n) is 10.1. The van der Waals surface area contributed by atoms with E-state index in [9.17, 15) is 9.59 Å². The summed E-state index contributed by atoms with van der Waals surface area (Å²) < 4.78 is 5.48. The van der Waals surface area contributed by atoms with Crippen LogP contribution in [0.2, 0.25) is 0 Å². The standard InChI is InChI=1S/C28H46N2O3/c1-4-5-6-7-8-9-10-11-12-13-14-15-16-17-26(31)33-23-28(3)22-30(29-27(28)32)25-20-18-24(2)19-21-25/h18-21H,4-17,22-23H2,1-3H3,(H,29,32). The molecule has 1 heterocycles. The van der Waals surface area contributed by atoms with Gasteiger partial charge in [0.1, 0.15) is 12.0 Å².